The van der Waals surface area contributed by atoms with Crippen molar-refractivity contribution in [3.05, 3.63) is 16.8 Å². The number of carbonyl (C=O) groups is 1. The molecule has 0 spiro atoms. The highest BCUT2D eigenvalue weighted by Crippen LogP contribution is 2.30. The third kappa shape index (κ3) is 4.47. The van der Waals surface area contributed by atoms with Crippen LogP contribution in [0.2, 0.25) is 0 Å². The van der Waals surface area contributed by atoms with Gasteiger partial charge in [-0.1, -0.05) is 0 Å². The summed E-state index contributed by atoms with van der Waals surface area (Å²) < 4.78 is 7.15. The predicted octanol–water partition coefficient (Wildman–Crippen LogP) is 2.19. The molecular weight excluding hydrogens is 389 g/mol. The number of nitrogens with one attached hydrogen (secondary N) is 1. The van der Waals surface area contributed by atoms with Crippen LogP contribution in [-0.2, 0) is 18.3 Å². The number of hydrogen-bond donors (Lipinski definition) is 1. The molecule has 1 atom stereocenters. The van der Waals surface area contributed by atoms with Gasteiger partial charge < -0.3 is 15.0 Å². The Labute approximate surface area is 172 Å². The molecule has 1 amide bonds. The highest BCUT2D eigenvalue weighted by molar-refractivity contribution is 5.86. The van der Waals surface area contributed by atoms with E-state index >= 15 is 0 Å². The summed E-state index contributed by atoms with van der Waals surface area (Å²) in [6.07, 6.45) is 1.19. The number of methoxy groups -OCH3 is 1. The van der Waals surface area contributed by atoms with E-state index in [0.29, 0.717) is 18.7 Å². The molecule has 7 nitrogen and oxygen atoms in total. The van der Waals surface area contributed by atoms with Gasteiger partial charge in [0.25, 0.3) is 0 Å². The summed E-state index contributed by atoms with van der Waals surface area (Å²) in [4.78, 5) is 19.3. The Kier molecular flexibility index (Phi) is 8.32. The van der Waals surface area contributed by atoms with Crippen molar-refractivity contribution in [1.29, 1.82) is 0 Å². The van der Waals surface area contributed by atoms with E-state index in [1.54, 1.807) is 11.8 Å². The third-order valence-electron chi connectivity index (χ3n) is 5.13. The van der Waals surface area contributed by atoms with Crippen LogP contribution in [0.25, 0.3) is 11.0 Å². The zero-order valence-electron chi connectivity index (χ0n) is 16.5. The zero-order valence-corrected chi connectivity index (χ0v) is 18.2. The molecule has 3 heterocycles. The minimum Gasteiger partial charge on any atom is -0.479 e. The number of fused-ring (bicyclic) bond motifs is 1. The maximum atomic E-state index is 12.6. The average Bonchev–Trinajstić information content (AvgIpc) is 2.91. The van der Waals surface area contributed by atoms with Gasteiger partial charge in [-0.25, -0.2) is 9.67 Å². The first kappa shape index (κ1) is 23.5. The molecule has 0 radical (unpaired) electrons. The maximum Gasteiger partial charge on any atom is 0.242 e. The zero-order chi connectivity index (χ0) is 18.1. The fourth-order valence-electron chi connectivity index (χ4n) is 3.69. The first-order valence-corrected chi connectivity index (χ1v) is 8.81. The van der Waals surface area contributed by atoms with E-state index in [2.05, 4.69) is 24.3 Å². The molecule has 0 saturated carbocycles. The summed E-state index contributed by atoms with van der Waals surface area (Å²) in [5, 5.41) is 8.64. The van der Waals surface area contributed by atoms with Gasteiger partial charge in [-0.3, -0.25) is 4.79 Å². The van der Waals surface area contributed by atoms with Crippen molar-refractivity contribution >= 4 is 41.8 Å². The third-order valence-corrected chi connectivity index (χ3v) is 5.13. The first-order valence-electron chi connectivity index (χ1n) is 8.81. The van der Waals surface area contributed by atoms with Gasteiger partial charge in [0.1, 0.15) is 0 Å². The van der Waals surface area contributed by atoms with E-state index < -0.39 is 0 Å². The van der Waals surface area contributed by atoms with Crippen LogP contribution in [0.4, 0.5) is 0 Å². The second-order valence-corrected chi connectivity index (χ2v) is 6.77. The van der Waals surface area contributed by atoms with Crippen LogP contribution >= 0.6 is 24.8 Å². The van der Waals surface area contributed by atoms with E-state index in [9.17, 15) is 4.79 Å². The number of rotatable bonds is 4. The minimum atomic E-state index is 0. The fourth-order valence-corrected chi connectivity index (χ4v) is 3.69. The van der Waals surface area contributed by atoms with Crippen molar-refractivity contribution in [3.63, 3.8) is 0 Å². The van der Waals surface area contributed by atoms with Crippen molar-refractivity contribution in [3.8, 4) is 5.88 Å². The smallest absolute Gasteiger partial charge is 0.242 e. The quantitative estimate of drug-likeness (QED) is 0.824. The second kappa shape index (κ2) is 9.57. The van der Waals surface area contributed by atoms with Crippen LogP contribution in [0.15, 0.2) is 0 Å². The number of amides is 1. The molecule has 1 aliphatic rings. The summed E-state index contributed by atoms with van der Waals surface area (Å²) >= 11 is 0. The van der Waals surface area contributed by atoms with Crippen molar-refractivity contribution in [2.45, 2.75) is 39.7 Å². The van der Waals surface area contributed by atoms with Crippen LogP contribution in [0.3, 0.4) is 0 Å². The lowest BCUT2D eigenvalue weighted by Gasteiger charge is -2.34. The van der Waals surface area contributed by atoms with Gasteiger partial charge in [0.05, 0.1) is 12.5 Å². The maximum absolute atomic E-state index is 12.6. The lowest BCUT2D eigenvalue weighted by Crippen LogP contribution is -2.52. The van der Waals surface area contributed by atoms with Crippen LogP contribution in [0.1, 0.15) is 30.2 Å². The Morgan fingerprint density at radius 2 is 2.04 bits per heavy atom. The summed E-state index contributed by atoms with van der Waals surface area (Å²) in [6.45, 7) is 8.67. The van der Waals surface area contributed by atoms with Crippen molar-refractivity contribution in [2.75, 3.05) is 26.7 Å². The van der Waals surface area contributed by atoms with Gasteiger partial charge in [-0.2, -0.15) is 0 Å². The number of carbonyl (C=O) groups excluding carboxylic acids is 1. The van der Waals surface area contributed by atoms with Gasteiger partial charge in [-0.05, 0) is 38.3 Å². The Morgan fingerprint density at radius 1 is 1.33 bits per heavy atom. The summed E-state index contributed by atoms with van der Waals surface area (Å²) in [5.74, 6) is 0.803. The van der Waals surface area contributed by atoms with Crippen LogP contribution in [-0.4, -0.2) is 58.4 Å². The van der Waals surface area contributed by atoms with Gasteiger partial charge >= 0.3 is 0 Å². The minimum absolute atomic E-state index is 0. The summed E-state index contributed by atoms with van der Waals surface area (Å²) in [5.41, 5.74) is 4.00. The molecule has 1 aliphatic heterocycles. The molecule has 1 fully saturated rings. The molecule has 0 aromatic carbocycles. The molecular formula is C18H29Cl2N5O2. The lowest BCUT2D eigenvalue weighted by atomic mass is 9.99. The average molecular weight is 418 g/mol. The molecule has 0 aliphatic carbocycles. The van der Waals surface area contributed by atoms with Crippen molar-refractivity contribution in [2.24, 2.45) is 7.05 Å². The van der Waals surface area contributed by atoms with E-state index in [4.69, 9.17) is 9.72 Å². The SMILES string of the molecule is COc1nn(C)c2nc(C)c(CCC(=O)N3CCNCC3C)c(C)c12.Cl.Cl. The summed E-state index contributed by atoms with van der Waals surface area (Å²) in [6, 6.07) is 0.252. The van der Waals surface area contributed by atoms with Gasteiger partial charge in [0.15, 0.2) is 5.65 Å². The van der Waals surface area contributed by atoms with Gasteiger partial charge in [-0.15, -0.1) is 29.9 Å². The van der Waals surface area contributed by atoms with Crippen molar-refractivity contribution in [1.82, 2.24) is 25.0 Å². The van der Waals surface area contributed by atoms with Crippen LogP contribution in [0.5, 0.6) is 5.88 Å². The molecule has 2 aromatic heterocycles. The van der Waals surface area contributed by atoms with Crippen LogP contribution < -0.4 is 10.1 Å². The first-order chi connectivity index (χ1) is 11.9. The molecule has 0 bridgehead atoms. The second-order valence-electron chi connectivity index (χ2n) is 6.77. The van der Waals surface area contributed by atoms with Crippen molar-refractivity contribution < 1.29 is 9.53 Å². The highest BCUT2D eigenvalue weighted by atomic mass is 35.5. The van der Waals surface area contributed by atoms with Gasteiger partial charge in [0.2, 0.25) is 11.8 Å². The number of aromatic nitrogens is 3. The Morgan fingerprint density at radius 3 is 2.67 bits per heavy atom. The molecule has 27 heavy (non-hydrogen) atoms. The number of piperazine rings is 1. The summed E-state index contributed by atoms with van der Waals surface area (Å²) in [7, 11) is 3.49. The largest absolute Gasteiger partial charge is 0.479 e. The van der Waals surface area contributed by atoms with E-state index in [1.807, 2.05) is 18.9 Å². The molecule has 1 unspecified atom stereocenters. The van der Waals surface area contributed by atoms with Crippen LogP contribution in [0, 0.1) is 13.8 Å². The molecule has 3 rings (SSSR count). The topological polar surface area (TPSA) is 72.3 Å². The van der Waals surface area contributed by atoms with Gasteiger partial charge in [0, 0.05) is 44.8 Å². The predicted molar refractivity (Wildman–Crippen MR) is 111 cm³/mol. The lowest BCUT2D eigenvalue weighted by molar-refractivity contribution is -0.133. The highest BCUT2D eigenvalue weighted by Gasteiger charge is 2.24. The Hall–Kier alpha value is -1.57. The number of nitrogens with zero attached hydrogens (tertiary/aromatic N) is 4. The number of halogens is 2. The molecule has 1 N–H and O–H groups in total. The van der Waals surface area contributed by atoms with E-state index in [0.717, 1.165) is 47.5 Å². The molecule has 1 saturated heterocycles. The van der Waals surface area contributed by atoms with E-state index in [1.165, 1.54) is 0 Å². The number of ether oxygens (including phenoxy) is 1. The Bertz CT molecular complexity index is 809. The number of hydrogen-bond acceptors (Lipinski definition) is 5. The number of aryl methyl sites for hydroxylation is 3. The normalized spacial score (nSPS) is 16.6. The van der Waals surface area contributed by atoms with E-state index in [-0.39, 0.29) is 36.8 Å². The monoisotopic (exact) mass is 417 g/mol. The Balaban J connectivity index is 0.00000182. The standard InChI is InChI=1S/C18H27N5O2.2ClH/c1-11-10-19-8-9-23(11)15(24)7-6-14-12(2)16-17(20-13(14)3)22(4)21-18(16)25-5;;/h11,19H,6-10H2,1-5H3;2*1H. The molecule has 2 aromatic rings. The number of pyridine rings is 1. The fraction of sp³-hybridized carbons (Fsp3) is 0.611. The molecule has 152 valence electrons. The molecule has 9 heteroatoms.